The Kier molecular flexibility index (Phi) is 4.75. The van der Waals surface area contributed by atoms with E-state index < -0.39 is 0 Å². The molecule has 1 aliphatic heterocycles. The maximum absolute atomic E-state index is 12.5. The van der Waals surface area contributed by atoms with E-state index in [1.165, 1.54) is 0 Å². The van der Waals surface area contributed by atoms with Gasteiger partial charge in [-0.1, -0.05) is 57.5 Å². The Morgan fingerprint density at radius 1 is 0.963 bits per heavy atom. The lowest BCUT2D eigenvalue weighted by atomic mass is 9.78. The van der Waals surface area contributed by atoms with Gasteiger partial charge in [0.15, 0.2) is 0 Å². The van der Waals surface area contributed by atoms with Gasteiger partial charge in [-0.15, -0.1) is 0 Å². The first-order valence-corrected chi connectivity index (χ1v) is 9.88. The summed E-state index contributed by atoms with van der Waals surface area (Å²) in [5, 5.41) is 13.8. The number of fused-ring (bicyclic) bond motifs is 1. The van der Waals surface area contributed by atoms with Gasteiger partial charge in [-0.05, 0) is 52.8 Å². The summed E-state index contributed by atoms with van der Waals surface area (Å²) in [5.41, 5.74) is 4.61. The van der Waals surface area contributed by atoms with Gasteiger partial charge in [-0.25, -0.2) is 0 Å². The molecule has 2 aromatic rings. The molecule has 1 aliphatic rings. The van der Waals surface area contributed by atoms with Gasteiger partial charge in [0, 0.05) is 32.4 Å². The normalized spacial score (nSPS) is 15.8. The topological polar surface area (TPSA) is 49.3 Å². The first kappa shape index (κ1) is 19.7. The van der Waals surface area contributed by atoms with E-state index in [2.05, 4.69) is 62.8 Å². The van der Waals surface area contributed by atoms with Crippen LogP contribution in [0.1, 0.15) is 63.8 Å². The number of benzene rings is 2. The fraction of sp³-hybridized carbons (Fsp3) is 0.348. The molecule has 0 saturated heterocycles. The highest BCUT2D eigenvalue weighted by molar-refractivity contribution is 9.10. The summed E-state index contributed by atoms with van der Waals surface area (Å²) in [5.74, 6) is 0.238. The number of halogens is 1. The third-order valence-corrected chi connectivity index (χ3v) is 5.32. The highest BCUT2D eigenvalue weighted by Crippen LogP contribution is 2.41. The zero-order valence-corrected chi connectivity index (χ0v) is 18.3. The number of carbonyl (C=O) groups excluding carboxylic acids is 1. The van der Waals surface area contributed by atoms with Crippen molar-refractivity contribution in [3.63, 3.8) is 0 Å². The lowest BCUT2D eigenvalue weighted by molar-refractivity contribution is -0.110. The van der Waals surface area contributed by atoms with E-state index in [1.54, 1.807) is 0 Å². The van der Waals surface area contributed by atoms with Gasteiger partial charge in [-0.2, -0.15) is 0 Å². The molecule has 2 N–H and O–H groups in total. The first-order chi connectivity index (χ1) is 12.4. The van der Waals surface area contributed by atoms with E-state index in [0.717, 1.165) is 32.4 Å². The Balaban J connectivity index is 2.23. The van der Waals surface area contributed by atoms with E-state index >= 15 is 0 Å². The van der Waals surface area contributed by atoms with Crippen LogP contribution >= 0.6 is 15.9 Å². The molecule has 0 spiro atoms. The molecule has 0 saturated carbocycles. The number of phenols is 1. The lowest BCUT2D eigenvalue weighted by Gasteiger charge is -2.28. The molecule has 0 atom stereocenters. The number of hydrogen-bond acceptors (Lipinski definition) is 2. The number of rotatable bonds is 1. The summed E-state index contributed by atoms with van der Waals surface area (Å²) in [6.45, 7) is 12.5. The predicted octanol–water partition coefficient (Wildman–Crippen LogP) is 6.24. The number of hydrogen-bond donors (Lipinski definition) is 2. The van der Waals surface area contributed by atoms with Gasteiger partial charge in [0.1, 0.15) is 5.75 Å². The van der Waals surface area contributed by atoms with E-state index in [4.69, 9.17) is 0 Å². The fourth-order valence-corrected chi connectivity index (χ4v) is 3.71. The zero-order chi connectivity index (χ0) is 20.1. The summed E-state index contributed by atoms with van der Waals surface area (Å²) in [7, 11) is 0. The molecule has 142 valence electrons. The molecule has 3 nitrogen and oxygen atoms in total. The second-order valence-electron chi connectivity index (χ2n) is 9.17. The Morgan fingerprint density at radius 3 is 2.04 bits per heavy atom. The lowest BCUT2D eigenvalue weighted by Crippen LogP contribution is -2.17. The quantitative estimate of drug-likeness (QED) is 0.528. The van der Waals surface area contributed by atoms with Crippen LogP contribution in [0.15, 0.2) is 34.8 Å². The average Bonchev–Trinajstić information content (AvgIpc) is 2.82. The second kappa shape index (κ2) is 6.52. The summed E-state index contributed by atoms with van der Waals surface area (Å²) in [6, 6.07) is 9.74. The van der Waals surface area contributed by atoms with Crippen molar-refractivity contribution < 1.29 is 9.90 Å². The summed E-state index contributed by atoms with van der Waals surface area (Å²) in [4.78, 5) is 12.5. The minimum atomic E-state index is -0.211. The van der Waals surface area contributed by atoms with Crippen molar-refractivity contribution >= 4 is 39.2 Å². The van der Waals surface area contributed by atoms with E-state index in [0.29, 0.717) is 11.3 Å². The van der Waals surface area contributed by atoms with Crippen molar-refractivity contribution in [1.29, 1.82) is 0 Å². The van der Waals surface area contributed by atoms with Crippen LogP contribution in [0.3, 0.4) is 0 Å². The molecular formula is C23H26BrNO2. The summed E-state index contributed by atoms with van der Waals surface area (Å²) >= 11 is 3.48. The number of amides is 1. The maximum atomic E-state index is 12.5. The van der Waals surface area contributed by atoms with Crippen molar-refractivity contribution in [1.82, 2.24) is 0 Å². The van der Waals surface area contributed by atoms with Crippen LogP contribution in [-0.4, -0.2) is 11.0 Å². The monoisotopic (exact) mass is 427 g/mol. The third kappa shape index (κ3) is 3.81. The SMILES string of the molecule is CC(C)(C)c1cc(C=C2C(=O)Nc3ccc(Br)cc32)cc(C(C)(C)C)c1O. The first-order valence-electron chi connectivity index (χ1n) is 9.09. The molecule has 0 radical (unpaired) electrons. The molecule has 0 aromatic heterocycles. The van der Waals surface area contributed by atoms with Crippen molar-refractivity contribution in [3.05, 3.63) is 57.1 Å². The van der Waals surface area contributed by atoms with Gasteiger partial charge in [-0.3, -0.25) is 4.79 Å². The standard InChI is InChI=1S/C23H26BrNO2/c1-22(2,3)17-10-13(11-18(20(17)26)23(4,5)6)9-16-15-12-14(24)7-8-19(15)25-21(16)27/h7-12,26H,1-6H3,(H,25,27). The number of phenolic OH excluding ortho intramolecular Hbond substituents is 1. The molecule has 3 rings (SSSR count). The van der Waals surface area contributed by atoms with Gasteiger partial charge in [0.05, 0.1) is 0 Å². The Hall–Kier alpha value is -2.07. The Labute approximate surface area is 169 Å². The van der Waals surface area contributed by atoms with E-state index in [9.17, 15) is 9.90 Å². The Morgan fingerprint density at radius 2 is 1.52 bits per heavy atom. The van der Waals surface area contributed by atoms with E-state index in [1.807, 2.05) is 36.4 Å². The maximum Gasteiger partial charge on any atom is 0.256 e. The molecule has 2 aromatic carbocycles. The fourth-order valence-electron chi connectivity index (χ4n) is 3.35. The highest BCUT2D eigenvalue weighted by atomic mass is 79.9. The smallest absolute Gasteiger partial charge is 0.256 e. The Bertz CT molecular complexity index is 924. The molecule has 1 heterocycles. The van der Waals surface area contributed by atoms with Crippen LogP contribution in [0.2, 0.25) is 0 Å². The van der Waals surface area contributed by atoms with Crippen LogP contribution in [0.5, 0.6) is 5.75 Å². The van der Waals surface area contributed by atoms with E-state index in [-0.39, 0.29) is 16.7 Å². The molecule has 0 fully saturated rings. The van der Waals surface area contributed by atoms with Gasteiger partial charge in [0.25, 0.3) is 5.91 Å². The van der Waals surface area contributed by atoms with Crippen LogP contribution < -0.4 is 5.32 Å². The number of carbonyl (C=O) groups is 1. The van der Waals surface area contributed by atoms with Crippen molar-refractivity contribution in [2.75, 3.05) is 5.32 Å². The molecule has 0 aliphatic carbocycles. The second-order valence-corrected chi connectivity index (χ2v) is 10.1. The molecule has 1 amide bonds. The summed E-state index contributed by atoms with van der Waals surface area (Å²) in [6.07, 6.45) is 1.91. The predicted molar refractivity (Wildman–Crippen MR) is 116 cm³/mol. The van der Waals surface area contributed by atoms with Crippen LogP contribution in [-0.2, 0) is 15.6 Å². The number of aromatic hydroxyl groups is 1. The molecule has 0 unspecified atom stereocenters. The average molecular weight is 428 g/mol. The largest absolute Gasteiger partial charge is 0.507 e. The zero-order valence-electron chi connectivity index (χ0n) is 16.7. The minimum absolute atomic E-state index is 0.106. The van der Waals surface area contributed by atoms with Crippen molar-refractivity contribution in [2.45, 2.75) is 52.4 Å². The van der Waals surface area contributed by atoms with Gasteiger partial charge < -0.3 is 10.4 Å². The van der Waals surface area contributed by atoms with Crippen LogP contribution in [0.4, 0.5) is 5.69 Å². The number of anilines is 1. The molecule has 27 heavy (non-hydrogen) atoms. The molecule has 0 bridgehead atoms. The highest BCUT2D eigenvalue weighted by Gasteiger charge is 2.28. The molecule has 4 heteroatoms. The van der Waals surface area contributed by atoms with Gasteiger partial charge in [0.2, 0.25) is 0 Å². The van der Waals surface area contributed by atoms with Crippen molar-refractivity contribution in [2.24, 2.45) is 0 Å². The molecular weight excluding hydrogens is 402 g/mol. The van der Waals surface area contributed by atoms with Gasteiger partial charge >= 0.3 is 0 Å². The van der Waals surface area contributed by atoms with Crippen molar-refractivity contribution in [3.8, 4) is 5.75 Å². The third-order valence-electron chi connectivity index (χ3n) is 4.82. The summed E-state index contributed by atoms with van der Waals surface area (Å²) < 4.78 is 0.931. The van der Waals surface area contributed by atoms with Crippen LogP contribution in [0.25, 0.3) is 11.6 Å². The van der Waals surface area contributed by atoms with Crippen LogP contribution in [0, 0.1) is 0 Å². The minimum Gasteiger partial charge on any atom is -0.507 e. The number of nitrogens with one attached hydrogen (secondary N) is 1.